The highest BCUT2D eigenvalue weighted by Gasteiger charge is 2.35. The lowest BCUT2D eigenvalue weighted by atomic mass is 9.94. The predicted molar refractivity (Wildman–Crippen MR) is 114 cm³/mol. The Balaban J connectivity index is 1.86. The summed E-state index contributed by atoms with van der Waals surface area (Å²) in [4.78, 5) is 38.9. The topological polar surface area (TPSA) is 87.7 Å². The minimum Gasteiger partial charge on any atom is -0.463 e. The molecule has 1 unspecified atom stereocenters. The van der Waals surface area contributed by atoms with Gasteiger partial charge in [-0.25, -0.2) is 14.0 Å². The Morgan fingerprint density at radius 3 is 2.48 bits per heavy atom. The fraction of sp³-hybridized carbons (Fsp3) is 0.261. The van der Waals surface area contributed by atoms with Crippen LogP contribution in [0.4, 0.5) is 14.9 Å². The van der Waals surface area contributed by atoms with Crippen molar-refractivity contribution >= 4 is 23.6 Å². The van der Waals surface area contributed by atoms with Crippen LogP contribution in [0.1, 0.15) is 42.7 Å². The third-order valence-corrected chi connectivity index (χ3v) is 5.00. The van der Waals surface area contributed by atoms with Gasteiger partial charge in [0.15, 0.2) is 0 Å². The van der Waals surface area contributed by atoms with Crippen molar-refractivity contribution in [1.29, 1.82) is 0 Å². The average Bonchev–Trinajstić information content (AvgIpc) is 2.74. The molecular formula is C23H24FN3O4. The molecule has 0 radical (unpaired) electrons. The Hall–Kier alpha value is -3.68. The van der Waals surface area contributed by atoms with Gasteiger partial charge in [0.2, 0.25) is 0 Å². The number of urea groups is 1. The zero-order valence-electron chi connectivity index (χ0n) is 17.6. The summed E-state index contributed by atoms with van der Waals surface area (Å²) in [6, 6.07) is 11.1. The van der Waals surface area contributed by atoms with E-state index in [1.165, 1.54) is 23.1 Å². The maximum atomic E-state index is 13.3. The number of ether oxygens (including phenoxy) is 1. The normalized spacial score (nSPS) is 16.1. The van der Waals surface area contributed by atoms with Crippen LogP contribution in [0.5, 0.6) is 0 Å². The Kier molecular flexibility index (Phi) is 6.69. The maximum absolute atomic E-state index is 13.3. The second-order valence-electron chi connectivity index (χ2n) is 6.93. The van der Waals surface area contributed by atoms with E-state index in [9.17, 15) is 18.8 Å². The zero-order valence-corrected chi connectivity index (χ0v) is 17.6. The van der Waals surface area contributed by atoms with Gasteiger partial charge in [0.1, 0.15) is 5.82 Å². The van der Waals surface area contributed by atoms with Crippen LogP contribution in [0.15, 0.2) is 59.8 Å². The molecule has 0 saturated carbocycles. The van der Waals surface area contributed by atoms with Gasteiger partial charge in [-0.2, -0.15) is 0 Å². The van der Waals surface area contributed by atoms with E-state index < -0.39 is 23.7 Å². The quantitative estimate of drug-likeness (QED) is 0.685. The number of anilines is 1. The third-order valence-electron chi connectivity index (χ3n) is 5.00. The van der Waals surface area contributed by atoms with Gasteiger partial charge in [-0.05, 0) is 56.7 Å². The summed E-state index contributed by atoms with van der Waals surface area (Å²) in [6.07, 6.45) is 0. The van der Waals surface area contributed by atoms with Gasteiger partial charge >= 0.3 is 12.0 Å². The summed E-state index contributed by atoms with van der Waals surface area (Å²) >= 11 is 0. The fourth-order valence-electron chi connectivity index (χ4n) is 3.48. The number of carbonyl (C=O) groups excluding carboxylic acids is 3. The van der Waals surface area contributed by atoms with Crippen molar-refractivity contribution in [3.05, 3.63) is 76.7 Å². The average molecular weight is 425 g/mol. The largest absolute Gasteiger partial charge is 0.463 e. The van der Waals surface area contributed by atoms with E-state index in [4.69, 9.17) is 4.74 Å². The van der Waals surface area contributed by atoms with Gasteiger partial charge in [0, 0.05) is 23.5 Å². The van der Waals surface area contributed by atoms with Crippen molar-refractivity contribution in [3.63, 3.8) is 0 Å². The number of rotatable bonds is 6. The molecular weight excluding hydrogens is 401 g/mol. The number of nitrogens with zero attached hydrogens (tertiary/aromatic N) is 1. The Labute approximate surface area is 179 Å². The molecule has 0 bridgehead atoms. The van der Waals surface area contributed by atoms with Gasteiger partial charge in [-0.15, -0.1) is 0 Å². The minimum atomic E-state index is -0.678. The SMILES string of the molecule is CCOC(=O)C1=C(C)N(CC)C(=O)NC1c1ccc(NC(=O)c2cccc(F)c2)cc1. The summed E-state index contributed by atoms with van der Waals surface area (Å²) in [7, 11) is 0. The molecule has 0 saturated heterocycles. The first-order chi connectivity index (χ1) is 14.8. The molecule has 1 aliphatic heterocycles. The lowest BCUT2D eigenvalue weighted by Gasteiger charge is -2.34. The van der Waals surface area contributed by atoms with Crippen molar-refractivity contribution < 1.29 is 23.5 Å². The molecule has 8 heteroatoms. The van der Waals surface area contributed by atoms with E-state index in [1.807, 2.05) is 6.92 Å². The minimum absolute atomic E-state index is 0.200. The molecule has 0 aliphatic carbocycles. The summed E-state index contributed by atoms with van der Waals surface area (Å²) in [5, 5.41) is 5.54. The van der Waals surface area contributed by atoms with Crippen LogP contribution in [-0.4, -0.2) is 36.0 Å². The Morgan fingerprint density at radius 1 is 1.16 bits per heavy atom. The highest BCUT2D eigenvalue weighted by atomic mass is 19.1. The van der Waals surface area contributed by atoms with E-state index in [2.05, 4.69) is 10.6 Å². The highest BCUT2D eigenvalue weighted by Crippen LogP contribution is 2.31. The third kappa shape index (κ3) is 4.74. The first-order valence-electron chi connectivity index (χ1n) is 9.98. The summed E-state index contributed by atoms with van der Waals surface area (Å²) < 4.78 is 18.5. The van der Waals surface area contributed by atoms with Crippen LogP contribution < -0.4 is 10.6 Å². The molecule has 1 aliphatic rings. The van der Waals surface area contributed by atoms with Crippen LogP contribution in [0.25, 0.3) is 0 Å². The lowest BCUT2D eigenvalue weighted by molar-refractivity contribution is -0.139. The first-order valence-corrected chi connectivity index (χ1v) is 9.98. The van der Waals surface area contributed by atoms with Gasteiger partial charge in [-0.1, -0.05) is 18.2 Å². The molecule has 3 rings (SSSR count). The van der Waals surface area contributed by atoms with Crippen molar-refractivity contribution in [2.45, 2.75) is 26.8 Å². The van der Waals surface area contributed by atoms with Gasteiger partial charge < -0.3 is 15.4 Å². The van der Waals surface area contributed by atoms with E-state index >= 15 is 0 Å². The van der Waals surface area contributed by atoms with E-state index in [0.717, 1.165) is 6.07 Å². The van der Waals surface area contributed by atoms with Crippen LogP contribution in [-0.2, 0) is 9.53 Å². The number of hydrogen-bond acceptors (Lipinski definition) is 4. The molecule has 2 aromatic carbocycles. The number of hydrogen-bond donors (Lipinski definition) is 2. The molecule has 2 N–H and O–H groups in total. The number of allylic oxidation sites excluding steroid dienone is 1. The molecule has 3 amide bonds. The van der Waals surface area contributed by atoms with Crippen molar-refractivity contribution in [2.24, 2.45) is 0 Å². The standard InChI is InChI=1S/C23H24FN3O4/c1-4-27-14(3)19(22(29)31-5-2)20(26-23(27)30)15-9-11-18(12-10-15)25-21(28)16-7-6-8-17(24)13-16/h6-13,20H,4-5H2,1-3H3,(H,25,28)(H,26,30). The molecule has 162 valence electrons. The van der Waals surface area contributed by atoms with Crippen LogP contribution in [0.3, 0.4) is 0 Å². The zero-order chi connectivity index (χ0) is 22.5. The molecule has 2 aromatic rings. The summed E-state index contributed by atoms with van der Waals surface area (Å²) in [5.41, 5.74) is 2.26. The van der Waals surface area contributed by atoms with Crippen molar-refractivity contribution in [1.82, 2.24) is 10.2 Å². The Bertz CT molecular complexity index is 1030. The van der Waals surface area contributed by atoms with Crippen molar-refractivity contribution in [2.75, 3.05) is 18.5 Å². The predicted octanol–water partition coefficient (Wildman–Crippen LogP) is 4.00. The Morgan fingerprint density at radius 2 is 1.87 bits per heavy atom. The number of benzene rings is 2. The number of nitrogens with one attached hydrogen (secondary N) is 2. The molecule has 31 heavy (non-hydrogen) atoms. The number of carbonyl (C=O) groups is 3. The lowest BCUT2D eigenvalue weighted by Crippen LogP contribution is -2.47. The van der Waals surface area contributed by atoms with Crippen molar-refractivity contribution in [3.8, 4) is 0 Å². The molecule has 7 nitrogen and oxygen atoms in total. The molecule has 1 heterocycles. The van der Waals surface area contributed by atoms with E-state index in [0.29, 0.717) is 29.1 Å². The van der Waals surface area contributed by atoms with Gasteiger partial charge in [0.05, 0.1) is 18.2 Å². The monoisotopic (exact) mass is 425 g/mol. The van der Waals surface area contributed by atoms with E-state index in [1.54, 1.807) is 38.1 Å². The smallest absolute Gasteiger partial charge is 0.338 e. The number of halogens is 1. The number of amides is 3. The van der Waals surface area contributed by atoms with Crippen LogP contribution >= 0.6 is 0 Å². The number of esters is 1. The summed E-state index contributed by atoms with van der Waals surface area (Å²) in [6.45, 7) is 5.89. The molecule has 0 aromatic heterocycles. The molecule has 1 atom stereocenters. The van der Waals surface area contributed by atoms with Crippen LogP contribution in [0.2, 0.25) is 0 Å². The van der Waals surface area contributed by atoms with E-state index in [-0.39, 0.29) is 18.2 Å². The van der Waals surface area contributed by atoms with Crippen LogP contribution in [0, 0.1) is 5.82 Å². The maximum Gasteiger partial charge on any atom is 0.338 e. The highest BCUT2D eigenvalue weighted by molar-refractivity contribution is 6.04. The summed E-state index contributed by atoms with van der Waals surface area (Å²) in [5.74, 6) is -1.43. The second-order valence-corrected chi connectivity index (χ2v) is 6.93. The second kappa shape index (κ2) is 9.42. The fourth-order valence-corrected chi connectivity index (χ4v) is 3.48. The van der Waals surface area contributed by atoms with Gasteiger partial charge in [0.25, 0.3) is 5.91 Å². The molecule has 0 fully saturated rings. The van der Waals surface area contributed by atoms with Gasteiger partial charge in [-0.3, -0.25) is 9.69 Å². The molecule has 0 spiro atoms. The first kappa shape index (κ1) is 22.0.